The highest BCUT2D eigenvalue weighted by Crippen LogP contribution is 2.37. The Kier molecular flexibility index (Phi) is 4.88. The lowest BCUT2D eigenvalue weighted by molar-refractivity contribution is 0.0766. The average molecular weight is 406 g/mol. The zero-order valence-corrected chi connectivity index (χ0v) is 17.4. The van der Waals surface area contributed by atoms with E-state index in [9.17, 15) is 13.2 Å². The summed E-state index contributed by atoms with van der Waals surface area (Å²) in [6, 6.07) is 4.66. The lowest BCUT2D eigenvalue weighted by Gasteiger charge is -2.46. The molecule has 0 unspecified atom stereocenters. The first-order valence-corrected chi connectivity index (χ1v) is 12.7. The van der Waals surface area contributed by atoms with Crippen LogP contribution in [0.3, 0.4) is 0 Å². The highest BCUT2D eigenvalue weighted by Gasteiger charge is 2.38. The first-order chi connectivity index (χ1) is 13.5. The van der Waals surface area contributed by atoms with Gasteiger partial charge in [-0.2, -0.15) is 0 Å². The Morgan fingerprint density at radius 2 is 1.75 bits per heavy atom. The molecule has 0 amide bonds. The number of fused-ring (bicyclic) bond motifs is 4. The van der Waals surface area contributed by atoms with Crippen LogP contribution in [-0.4, -0.2) is 66.5 Å². The van der Waals surface area contributed by atoms with Crippen LogP contribution in [0.25, 0.3) is 0 Å². The molecule has 7 heteroatoms. The summed E-state index contributed by atoms with van der Waals surface area (Å²) in [6.07, 6.45) is 5.18. The maximum Gasteiger partial charge on any atom is 0.255 e. The molecule has 0 aromatic carbocycles. The molecule has 5 rings (SSSR count). The second-order valence-electron chi connectivity index (χ2n) is 9.32. The number of pyridine rings is 1. The van der Waals surface area contributed by atoms with Gasteiger partial charge >= 0.3 is 0 Å². The molecule has 0 saturated carbocycles. The molecule has 154 valence electrons. The number of likely N-dealkylation sites (tertiary alicyclic amines) is 2. The lowest BCUT2D eigenvalue weighted by atomic mass is 9.82. The predicted molar refractivity (Wildman–Crippen MR) is 109 cm³/mol. The van der Waals surface area contributed by atoms with Crippen molar-refractivity contribution in [3.63, 3.8) is 0 Å². The number of sulfone groups is 1. The second-order valence-corrected chi connectivity index (χ2v) is 11.6. The molecule has 6 nitrogen and oxygen atoms in total. The Balaban J connectivity index is 1.34. The molecule has 0 aliphatic carbocycles. The predicted octanol–water partition coefficient (Wildman–Crippen LogP) is 1.44. The minimum atomic E-state index is -2.82. The van der Waals surface area contributed by atoms with Gasteiger partial charge in [0, 0.05) is 49.4 Å². The molecule has 5 heterocycles. The van der Waals surface area contributed by atoms with E-state index in [4.69, 9.17) is 0 Å². The molecule has 0 N–H and O–H groups in total. The van der Waals surface area contributed by atoms with Gasteiger partial charge in [0.2, 0.25) is 0 Å². The van der Waals surface area contributed by atoms with Crippen molar-refractivity contribution >= 4 is 9.84 Å². The quantitative estimate of drug-likeness (QED) is 0.762. The molecular weight excluding hydrogens is 374 g/mol. The summed E-state index contributed by atoms with van der Waals surface area (Å²) in [5.41, 5.74) is 2.36. The molecule has 1 aromatic rings. The maximum absolute atomic E-state index is 13.1. The van der Waals surface area contributed by atoms with E-state index in [1.165, 1.54) is 18.5 Å². The van der Waals surface area contributed by atoms with Gasteiger partial charge in [-0.05, 0) is 57.2 Å². The van der Waals surface area contributed by atoms with Crippen LogP contribution in [0.5, 0.6) is 0 Å². The molecule has 1 aromatic heterocycles. The Labute approximate surface area is 167 Å². The van der Waals surface area contributed by atoms with Gasteiger partial charge < -0.3 is 4.57 Å². The van der Waals surface area contributed by atoms with Crippen molar-refractivity contribution in [1.29, 1.82) is 0 Å². The first kappa shape index (κ1) is 18.8. The molecule has 0 spiro atoms. The van der Waals surface area contributed by atoms with E-state index in [0.29, 0.717) is 29.4 Å². The third-order valence-corrected chi connectivity index (χ3v) is 9.06. The zero-order valence-electron chi connectivity index (χ0n) is 16.6. The lowest BCUT2D eigenvalue weighted by Crippen LogP contribution is -2.52. The highest BCUT2D eigenvalue weighted by atomic mass is 32.2. The van der Waals surface area contributed by atoms with Gasteiger partial charge in [0.25, 0.3) is 5.56 Å². The largest absolute Gasteiger partial charge is 0.312 e. The summed E-state index contributed by atoms with van der Waals surface area (Å²) in [5.74, 6) is 1.57. The van der Waals surface area contributed by atoms with Gasteiger partial charge in [-0.25, -0.2) is 8.42 Å². The number of aromatic nitrogens is 1. The standard InChI is InChI=1S/C21H31N3O3S/c25-21-17(14-22-7-1-2-8-22)3-4-20-18-11-16(13-24(20)21)12-23(15-18)19-5-9-28(26,27)10-6-19/h3-4,16,18-19H,1-2,5-15H2/t16-,18+/m0/s1. The van der Waals surface area contributed by atoms with E-state index in [0.717, 1.165) is 64.1 Å². The van der Waals surface area contributed by atoms with Crippen LogP contribution in [0.15, 0.2) is 16.9 Å². The number of hydrogen-bond donors (Lipinski definition) is 0. The number of piperidine rings is 1. The SMILES string of the molecule is O=c1c(CN2CCCC2)ccc2n1C[C@H]1C[C@@H]2CN(C2CCS(=O)(=O)CC2)C1. The Bertz CT molecular complexity index is 890. The minimum Gasteiger partial charge on any atom is -0.312 e. The van der Waals surface area contributed by atoms with E-state index in [2.05, 4.69) is 26.5 Å². The molecule has 3 fully saturated rings. The first-order valence-electron chi connectivity index (χ1n) is 10.9. The molecule has 4 aliphatic heterocycles. The Morgan fingerprint density at radius 1 is 1.00 bits per heavy atom. The monoisotopic (exact) mass is 405 g/mol. The summed E-state index contributed by atoms with van der Waals surface area (Å²) in [7, 11) is -2.82. The number of rotatable bonds is 3. The summed E-state index contributed by atoms with van der Waals surface area (Å²) < 4.78 is 25.6. The van der Waals surface area contributed by atoms with E-state index >= 15 is 0 Å². The van der Waals surface area contributed by atoms with Crippen LogP contribution in [0, 0.1) is 5.92 Å². The van der Waals surface area contributed by atoms with E-state index in [1.54, 1.807) is 0 Å². The summed E-state index contributed by atoms with van der Waals surface area (Å²) in [6.45, 7) is 5.80. The Hall–Kier alpha value is -1.18. The number of nitrogens with zero attached hydrogens (tertiary/aromatic N) is 3. The average Bonchev–Trinajstić information content (AvgIpc) is 3.17. The highest BCUT2D eigenvalue weighted by molar-refractivity contribution is 7.91. The molecular formula is C21H31N3O3S. The van der Waals surface area contributed by atoms with E-state index in [1.807, 2.05) is 0 Å². The molecule has 3 saturated heterocycles. The fourth-order valence-electron chi connectivity index (χ4n) is 5.87. The molecule has 28 heavy (non-hydrogen) atoms. The van der Waals surface area contributed by atoms with Gasteiger partial charge in [-0.3, -0.25) is 14.6 Å². The fourth-order valence-corrected chi connectivity index (χ4v) is 7.34. The topological polar surface area (TPSA) is 62.6 Å². The van der Waals surface area contributed by atoms with Gasteiger partial charge in [0.1, 0.15) is 9.84 Å². The van der Waals surface area contributed by atoms with Crippen molar-refractivity contribution in [2.45, 2.75) is 57.2 Å². The van der Waals surface area contributed by atoms with Crippen molar-refractivity contribution in [2.24, 2.45) is 5.92 Å². The van der Waals surface area contributed by atoms with Crippen molar-refractivity contribution in [3.8, 4) is 0 Å². The third-order valence-electron chi connectivity index (χ3n) is 7.34. The van der Waals surface area contributed by atoms with Crippen molar-refractivity contribution in [2.75, 3.05) is 37.7 Å². The van der Waals surface area contributed by atoms with Gasteiger partial charge in [-0.15, -0.1) is 0 Å². The van der Waals surface area contributed by atoms with Crippen LogP contribution < -0.4 is 5.56 Å². The van der Waals surface area contributed by atoms with Gasteiger partial charge in [-0.1, -0.05) is 6.07 Å². The summed E-state index contributed by atoms with van der Waals surface area (Å²) >= 11 is 0. The molecule has 2 bridgehead atoms. The molecule has 2 atom stereocenters. The molecule has 4 aliphatic rings. The summed E-state index contributed by atoms with van der Waals surface area (Å²) in [5, 5.41) is 0. The third kappa shape index (κ3) is 3.57. The van der Waals surface area contributed by atoms with Crippen LogP contribution in [0.4, 0.5) is 0 Å². The normalized spacial score (nSPS) is 31.0. The van der Waals surface area contributed by atoms with Crippen LogP contribution in [-0.2, 0) is 22.9 Å². The zero-order chi connectivity index (χ0) is 19.3. The van der Waals surface area contributed by atoms with Crippen LogP contribution in [0.2, 0.25) is 0 Å². The van der Waals surface area contributed by atoms with E-state index < -0.39 is 9.84 Å². The van der Waals surface area contributed by atoms with Gasteiger partial charge in [0.05, 0.1) is 11.5 Å². The van der Waals surface area contributed by atoms with Crippen LogP contribution >= 0.6 is 0 Å². The smallest absolute Gasteiger partial charge is 0.255 e. The van der Waals surface area contributed by atoms with Crippen molar-refractivity contribution in [3.05, 3.63) is 33.7 Å². The maximum atomic E-state index is 13.1. The number of hydrogen-bond acceptors (Lipinski definition) is 5. The van der Waals surface area contributed by atoms with Crippen molar-refractivity contribution < 1.29 is 8.42 Å². The van der Waals surface area contributed by atoms with E-state index in [-0.39, 0.29) is 5.56 Å². The second kappa shape index (κ2) is 7.26. The van der Waals surface area contributed by atoms with Crippen molar-refractivity contribution in [1.82, 2.24) is 14.4 Å². The Morgan fingerprint density at radius 3 is 2.50 bits per heavy atom. The minimum absolute atomic E-state index is 0.219. The van der Waals surface area contributed by atoms with Gasteiger partial charge in [0.15, 0.2) is 0 Å². The fraction of sp³-hybridized carbons (Fsp3) is 0.762. The summed E-state index contributed by atoms with van der Waals surface area (Å²) in [4.78, 5) is 18.1. The molecule has 0 radical (unpaired) electrons. The van der Waals surface area contributed by atoms with Crippen LogP contribution in [0.1, 0.15) is 49.3 Å².